The zero-order valence-electron chi connectivity index (χ0n) is 29.6. The van der Waals surface area contributed by atoms with Crippen LogP contribution in [0.2, 0.25) is 0 Å². The molecule has 5 heteroatoms. The van der Waals surface area contributed by atoms with E-state index in [1.54, 1.807) is 6.20 Å². The molecular weight excluding hydrogens is 671 g/mol. The number of nitrogens with zero attached hydrogens (tertiary/aromatic N) is 5. The molecule has 0 atom stereocenters. The molecule has 0 bridgehead atoms. The first-order valence-electron chi connectivity index (χ1n) is 18.5. The molecule has 4 aromatic heterocycles. The molecule has 0 fully saturated rings. The molecule has 4 heterocycles. The second kappa shape index (κ2) is 12.6. The van der Waals surface area contributed by atoms with Gasteiger partial charge in [0.2, 0.25) is 0 Å². The van der Waals surface area contributed by atoms with Crippen LogP contribution in [0, 0.1) is 0 Å². The first kappa shape index (κ1) is 31.1. The van der Waals surface area contributed by atoms with E-state index in [-0.39, 0.29) is 0 Å². The van der Waals surface area contributed by atoms with Gasteiger partial charge in [0.05, 0.1) is 16.6 Å². The molecule has 256 valence electrons. The van der Waals surface area contributed by atoms with Crippen LogP contribution >= 0.6 is 0 Å². The van der Waals surface area contributed by atoms with E-state index in [4.69, 9.17) is 15.0 Å². The van der Waals surface area contributed by atoms with Gasteiger partial charge in [0.15, 0.2) is 11.5 Å². The maximum Gasteiger partial charge on any atom is 0.178 e. The molecule has 0 radical (unpaired) electrons. The van der Waals surface area contributed by atoms with Gasteiger partial charge in [0.1, 0.15) is 11.2 Å². The van der Waals surface area contributed by atoms with Crippen LogP contribution in [-0.4, -0.2) is 24.5 Å². The van der Waals surface area contributed by atoms with Gasteiger partial charge in [0.25, 0.3) is 0 Å². The van der Waals surface area contributed by atoms with Crippen molar-refractivity contribution in [2.75, 3.05) is 0 Å². The summed E-state index contributed by atoms with van der Waals surface area (Å²) in [4.78, 5) is 19.9. The summed E-state index contributed by atoms with van der Waals surface area (Å²) >= 11 is 0. The van der Waals surface area contributed by atoms with Gasteiger partial charge in [-0.1, -0.05) is 133 Å². The lowest BCUT2D eigenvalue weighted by Gasteiger charge is -2.14. The highest BCUT2D eigenvalue weighted by Crippen LogP contribution is 2.40. The maximum atomic E-state index is 5.34. The van der Waals surface area contributed by atoms with Crippen LogP contribution in [0.15, 0.2) is 188 Å². The van der Waals surface area contributed by atoms with Crippen LogP contribution in [-0.2, 0) is 0 Å². The average Bonchev–Trinajstić information content (AvgIpc) is 3.57. The lowest BCUT2D eigenvalue weighted by molar-refractivity contribution is 1.07. The van der Waals surface area contributed by atoms with Crippen molar-refractivity contribution in [1.82, 2.24) is 24.5 Å². The monoisotopic (exact) mass is 701 g/mol. The summed E-state index contributed by atoms with van der Waals surface area (Å²) in [5.74, 6) is 0.760. The van der Waals surface area contributed by atoms with Crippen LogP contribution in [0.1, 0.15) is 0 Å². The maximum absolute atomic E-state index is 5.34. The highest BCUT2D eigenvalue weighted by atomic mass is 15.1. The molecule has 0 aliphatic heterocycles. The Morgan fingerprint density at radius 3 is 1.84 bits per heavy atom. The largest absolute Gasteiger partial charge is 0.292 e. The van der Waals surface area contributed by atoms with Crippen molar-refractivity contribution in [3.63, 3.8) is 0 Å². The van der Waals surface area contributed by atoms with Gasteiger partial charge in [-0.2, -0.15) is 0 Å². The molecule has 0 aliphatic rings. The number of para-hydroxylation sites is 1. The Morgan fingerprint density at radius 1 is 0.382 bits per heavy atom. The molecule has 55 heavy (non-hydrogen) atoms. The third-order valence-electron chi connectivity index (χ3n) is 10.7. The Morgan fingerprint density at radius 2 is 1.00 bits per heavy atom. The Labute approximate surface area is 316 Å². The van der Waals surface area contributed by atoms with Gasteiger partial charge < -0.3 is 0 Å². The zero-order chi connectivity index (χ0) is 36.3. The zero-order valence-corrected chi connectivity index (χ0v) is 29.6. The summed E-state index contributed by atoms with van der Waals surface area (Å²) in [7, 11) is 0. The Kier molecular flexibility index (Phi) is 7.10. The minimum Gasteiger partial charge on any atom is -0.292 e. The van der Waals surface area contributed by atoms with Crippen LogP contribution < -0.4 is 0 Å². The van der Waals surface area contributed by atoms with Gasteiger partial charge in [0, 0.05) is 39.7 Å². The summed E-state index contributed by atoms with van der Waals surface area (Å²) in [5.41, 5.74) is 13.1. The third-order valence-corrected chi connectivity index (χ3v) is 10.7. The van der Waals surface area contributed by atoms with E-state index in [9.17, 15) is 0 Å². The lowest BCUT2D eigenvalue weighted by atomic mass is 9.99. The first-order valence-corrected chi connectivity index (χ1v) is 18.5. The summed E-state index contributed by atoms with van der Waals surface area (Å²) in [6, 6.07) is 62.2. The van der Waals surface area contributed by atoms with Gasteiger partial charge in [-0.25, -0.2) is 15.0 Å². The van der Waals surface area contributed by atoms with Gasteiger partial charge in [-0.05, 0) is 81.1 Å². The molecular formula is C50H31N5. The van der Waals surface area contributed by atoms with Crippen LogP contribution in [0.3, 0.4) is 0 Å². The fraction of sp³-hybridized carbons (Fsp3) is 0. The third kappa shape index (κ3) is 5.24. The van der Waals surface area contributed by atoms with Gasteiger partial charge >= 0.3 is 0 Å². The molecule has 5 nitrogen and oxygen atoms in total. The number of aromatic nitrogens is 5. The summed E-state index contributed by atoms with van der Waals surface area (Å²) in [5, 5.41) is 5.79. The number of hydrogen-bond acceptors (Lipinski definition) is 4. The van der Waals surface area contributed by atoms with Crippen molar-refractivity contribution in [2.45, 2.75) is 0 Å². The van der Waals surface area contributed by atoms with Crippen molar-refractivity contribution in [2.24, 2.45) is 0 Å². The van der Waals surface area contributed by atoms with Crippen molar-refractivity contribution in [1.29, 1.82) is 0 Å². The summed E-state index contributed by atoms with van der Waals surface area (Å²) in [6.07, 6.45) is 3.63. The summed E-state index contributed by atoms with van der Waals surface area (Å²) in [6.45, 7) is 0. The van der Waals surface area contributed by atoms with E-state index >= 15 is 0 Å². The number of benzene rings is 7. The smallest absolute Gasteiger partial charge is 0.178 e. The fourth-order valence-corrected chi connectivity index (χ4v) is 7.98. The molecule has 0 unspecified atom stereocenters. The van der Waals surface area contributed by atoms with Crippen molar-refractivity contribution >= 4 is 54.6 Å². The number of pyridine rings is 2. The fourth-order valence-electron chi connectivity index (χ4n) is 7.98. The molecule has 0 saturated carbocycles. The predicted molar refractivity (Wildman–Crippen MR) is 226 cm³/mol. The van der Waals surface area contributed by atoms with Crippen LogP contribution in [0.25, 0.3) is 105 Å². The Hall–Kier alpha value is -7.50. The molecule has 0 aliphatic carbocycles. The second-order valence-corrected chi connectivity index (χ2v) is 13.9. The van der Waals surface area contributed by atoms with E-state index < -0.39 is 0 Å². The highest BCUT2D eigenvalue weighted by Gasteiger charge is 2.21. The van der Waals surface area contributed by atoms with Crippen molar-refractivity contribution < 1.29 is 0 Å². The van der Waals surface area contributed by atoms with Gasteiger partial charge in [-0.3, -0.25) is 9.55 Å². The van der Waals surface area contributed by atoms with E-state index in [0.717, 1.165) is 72.0 Å². The molecule has 11 aromatic rings. The number of rotatable bonds is 5. The molecule has 7 aromatic carbocycles. The second-order valence-electron chi connectivity index (χ2n) is 13.9. The Balaban J connectivity index is 1.12. The molecule has 11 rings (SSSR count). The normalized spacial score (nSPS) is 11.6. The van der Waals surface area contributed by atoms with E-state index in [1.807, 2.05) is 24.4 Å². The summed E-state index contributed by atoms with van der Waals surface area (Å²) < 4.78 is 2.29. The van der Waals surface area contributed by atoms with Crippen LogP contribution in [0.4, 0.5) is 0 Å². The topological polar surface area (TPSA) is 56.5 Å². The molecule has 0 saturated heterocycles. The highest BCUT2D eigenvalue weighted by molar-refractivity contribution is 6.14. The SMILES string of the molecule is c1ccc(-c2ccc(-c3ccc4c(c3)c3cc5ccccc5cc3n4-c3nc4cccnc4nc3-c3ccc(-c4cccc5cccnc45)cc3)cc2)cc1. The molecule has 0 spiro atoms. The van der Waals surface area contributed by atoms with E-state index in [2.05, 4.69) is 167 Å². The standard InChI is InChI=1S/C50H31N5/c1-2-9-32(10-3-1)33-17-19-34(20-18-33)40-25-26-45-42(30-40)43-29-38-11-4-5-12-39(38)31-46(43)55(45)50-48(54-49-44(53-50)16-8-28-52-49)37-23-21-35(22-24-37)41-15-6-13-36-14-7-27-51-47(36)41/h1-31H. The minimum absolute atomic E-state index is 0.607. The quantitative estimate of drug-likeness (QED) is 0.179. The Bertz CT molecular complexity index is 3230. The molecule has 0 amide bonds. The van der Waals surface area contributed by atoms with Crippen molar-refractivity contribution in [3.8, 4) is 50.5 Å². The average molecular weight is 702 g/mol. The number of hydrogen-bond donors (Lipinski definition) is 0. The predicted octanol–water partition coefficient (Wildman–Crippen LogP) is 12.5. The van der Waals surface area contributed by atoms with E-state index in [0.29, 0.717) is 5.65 Å². The van der Waals surface area contributed by atoms with Crippen LogP contribution in [0.5, 0.6) is 0 Å². The first-order chi connectivity index (χ1) is 27.2. The van der Waals surface area contributed by atoms with Crippen molar-refractivity contribution in [3.05, 3.63) is 188 Å². The minimum atomic E-state index is 0.607. The van der Waals surface area contributed by atoms with E-state index in [1.165, 1.54) is 27.5 Å². The lowest BCUT2D eigenvalue weighted by Crippen LogP contribution is -2.04. The van der Waals surface area contributed by atoms with Gasteiger partial charge in [-0.15, -0.1) is 0 Å². The number of fused-ring (bicyclic) bond motifs is 6. The molecule has 0 N–H and O–H groups in total.